The van der Waals surface area contributed by atoms with Gasteiger partial charge in [-0.2, -0.15) is 0 Å². The maximum atomic E-state index is 13.1. The first-order valence-electron chi connectivity index (χ1n) is 7.17. The minimum atomic E-state index is -0.612. The molecule has 0 atom stereocenters. The smallest absolute Gasteiger partial charge is 0.141 e. The van der Waals surface area contributed by atoms with Crippen LogP contribution in [0.1, 0.15) is 45.1 Å². The third-order valence-corrected chi connectivity index (χ3v) is 4.59. The van der Waals surface area contributed by atoms with Gasteiger partial charge in [0.25, 0.3) is 0 Å². The lowest BCUT2D eigenvalue weighted by atomic mass is 9.71. The van der Waals surface area contributed by atoms with Gasteiger partial charge in [-0.05, 0) is 48.8 Å². The lowest BCUT2D eigenvalue weighted by Crippen LogP contribution is -2.44. The van der Waals surface area contributed by atoms with Crippen LogP contribution in [0.15, 0.2) is 18.2 Å². The highest BCUT2D eigenvalue weighted by molar-refractivity contribution is 6.30. The number of hydrogen-bond donors (Lipinski definition) is 2. The van der Waals surface area contributed by atoms with Gasteiger partial charge >= 0.3 is 0 Å². The van der Waals surface area contributed by atoms with Crippen molar-refractivity contribution in [1.82, 2.24) is 5.32 Å². The number of rotatable bonds is 4. The molecule has 0 bridgehead atoms. The Hall–Kier alpha value is -0.640. The van der Waals surface area contributed by atoms with Crippen LogP contribution in [0.4, 0.5) is 4.39 Å². The van der Waals surface area contributed by atoms with Crippen LogP contribution in [-0.4, -0.2) is 17.3 Å². The van der Waals surface area contributed by atoms with Crippen LogP contribution in [0.2, 0.25) is 5.02 Å². The van der Waals surface area contributed by atoms with Crippen LogP contribution in [0.5, 0.6) is 0 Å². The Morgan fingerprint density at radius 3 is 2.50 bits per heavy atom. The number of halogens is 2. The van der Waals surface area contributed by atoms with E-state index in [0.717, 1.165) is 31.2 Å². The molecule has 112 valence electrons. The summed E-state index contributed by atoms with van der Waals surface area (Å²) in [5.74, 6) is -0.399. The molecule has 2 nitrogen and oxygen atoms in total. The van der Waals surface area contributed by atoms with E-state index in [0.29, 0.717) is 18.5 Å². The quantitative estimate of drug-likeness (QED) is 0.884. The molecule has 2 rings (SSSR count). The molecule has 2 N–H and O–H groups in total. The second-order valence-electron chi connectivity index (χ2n) is 6.74. The van der Waals surface area contributed by atoms with E-state index in [1.165, 1.54) is 6.07 Å². The van der Waals surface area contributed by atoms with Gasteiger partial charge in [-0.15, -0.1) is 0 Å². The first kappa shape index (κ1) is 15.7. The van der Waals surface area contributed by atoms with Gasteiger partial charge in [-0.1, -0.05) is 31.5 Å². The molecular formula is C16H23ClFNO. The minimum Gasteiger partial charge on any atom is -0.389 e. The molecule has 1 aliphatic carbocycles. The maximum absolute atomic E-state index is 13.1. The van der Waals surface area contributed by atoms with Crippen LogP contribution in [-0.2, 0) is 6.54 Å². The summed E-state index contributed by atoms with van der Waals surface area (Å²) in [6.07, 6.45) is 3.76. The fourth-order valence-electron chi connectivity index (χ4n) is 2.66. The van der Waals surface area contributed by atoms with E-state index in [-0.39, 0.29) is 5.02 Å². The molecule has 4 heteroatoms. The normalized spacial score (nSPS) is 20.9. The van der Waals surface area contributed by atoms with Gasteiger partial charge in [-0.3, -0.25) is 0 Å². The molecule has 0 unspecified atom stereocenters. The third kappa shape index (κ3) is 4.18. The second-order valence-corrected chi connectivity index (χ2v) is 7.15. The highest BCUT2D eigenvalue weighted by Crippen LogP contribution is 2.39. The van der Waals surface area contributed by atoms with Gasteiger partial charge in [0.15, 0.2) is 0 Å². The zero-order chi connectivity index (χ0) is 14.8. The molecule has 0 radical (unpaired) electrons. The predicted octanol–water partition coefficient (Wildman–Crippen LogP) is 3.90. The molecule has 1 aliphatic rings. The summed E-state index contributed by atoms with van der Waals surface area (Å²) >= 11 is 5.75. The lowest BCUT2D eigenvalue weighted by molar-refractivity contribution is -0.0245. The van der Waals surface area contributed by atoms with Gasteiger partial charge < -0.3 is 10.4 Å². The molecule has 0 saturated heterocycles. The SMILES string of the molecule is CC1(C)CCC(O)(CNCc2ccc(F)c(Cl)c2)CC1. The molecule has 20 heavy (non-hydrogen) atoms. The Balaban J connectivity index is 1.82. The summed E-state index contributed by atoms with van der Waals surface area (Å²) in [6.45, 7) is 5.66. The molecule has 1 aromatic carbocycles. The Morgan fingerprint density at radius 2 is 1.90 bits per heavy atom. The van der Waals surface area contributed by atoms with Crippen molar-refractivity contribution in [3.05, 3.63) is 34.6 Å². The molecule has 1 saturated carbocycles. The largest absolute Gasteiger partial charge is 0.389 e. The number of aliphatic hydroxyl groups is 1. The van der Waals surface area contributed by atoms with Crippen LogP contribution in [0, 0.1) is 11.2 Å². The molecule has 0 aromatic heterocycles. The Kier molecular flexibility index (Phi) is 4.73. The summed E-state index contributed by atoms with van der Waals surface area (Å²) in [5, 5.41) is 13.9. The van der Waals surface area contributed by atoms with Gasteiger partial charge in [0.05, 0.1) is 10.6 Å². The van der Waals surface area contributed by atoms with E-state index in [4.69, 9.17) is 11.6 Å². The fourth-order valence-corrected chi connectivity index (χ4v) is 2.86. The highest BCUT2D eigenvalue weighted by atomic mass is 35.5. The van der Waals surface area contributed by atoms with E-state index in [1.807, 2.05) is 0 Å². The number of benzene rings is 1. The minimum absolute atomic E-state index is 0.141. The molecule has 0 heterocycles. The van der Waals surface area contributed by atoms with Gasteiger partial charge in [0.2, 0.25) is 0 Å². The second kappa shape index (κ2) is 6.00. The molecule has 0 amide bonds. The van der Waals surface area contributed by atoms with Crippen molar-refractivity contribution >= 4 is 11.6 Å². The van der Waals surface area contributed by atoms with E-state index in [1.54, 1.807) is 12.1 Å². The zero-order valence-electron chi connectivity index (χ0n) is 12.2. The van der Waals surface area contributed by atoms with Crippen molar-refractivity contribution in [2.45, 2.75) is 51.7 Å². The first-order chi connectivity index (χ1) is 9.30. The summed E-state index contributed by atoms with van der Waals surface area (Å²) in [4.78, 5) is 0. The van der Waals surface area contributed by atoms with Crippen molar-refractivity contribution < 1.29 is 9.50 Å². The summed E-state index contributed by atoms with van der Waals surface area (Å²) in [6, 6.07) is 4.71. The Labute approximate surface area is 125 Å². The van der Waals surface area contributed by atoms with Crippen LogP contribution in [0.3, 0.4) is 0 Å². The topological polar surface area (TPSA) is 32.3 Å². The van der Waals surface area contributed by atoms with E-state index in [2.05, 4.69) is 19.2 Å². The Morgan fingerprint density at radius 1 is 1.25 bits per heavy atom. The molecule has 0 spiro atoms. The third-order valence-electron chi connectivity index (χ3n) is 4.30. The number of hydrogen-bond acceptors (Lipinski definition) is 2. The lowest BCUT2D eigenvalue weighted by Gasteiger charge is -2.40. The highest BCUT2D eigenvalue weighted by Gasteiger charge is 2.36. The summed E-state index contributed by atoms with van der Waals surface area (Å²) in [5.41, 5.74) is 0.659. The van der Waals surface area contributed by atoms with Gasteiger partial charge in [0.1, 0.15) is 5.82 Å². The number of nitrogens with one attached hydrogen (secondary N) is 1. The van der Waals surface area contributed by atoms with Crippen molar-refractivity contribution in [3.63, 3.8) is 0 Å². The van der Waals surface area contributed by atoms with E-state index >= 15 is 0 Å². The van der Waals surface area contributed by atoms with Crippen LogP contribution < -0.4 is 5.32 Å². The molecule has 1 fully saturated rings. The van der Waals surface area contributed by atoms with Crippen molar-refractivity contribution in [2.24, 2.45) is 5.41 Å². The summed E-state index contributed by atoms with van der Waals surface area (Å²) in [7, 11) is 0. The van der Waals surface area contributed by atoms with Gasteiger partial charge in [0, 0.05) is 13.1 Å². The molecule has 1 aromatic rings. The monoisotopic (exact) mass is 299 g/mol. The standard InChI is InChI=1S/C16H23ClFNO/c1-15(2)5-7-16(20,8-6-15)11-19-10-12-3-4-14(18)13(17)9-12/h3-4,9,19-20H,5-8,10-11H2,1-2H3. The van der Waals surface area contributed by atoms with Crippen LogP contribution >= 0.6 is 11.6 Å². The van der Waals surface area contributed by atoms with Gasteiger partial charge in [-0.25, -0.2) is 4.39 Å². The van der Waals surface area contributed by atoms with Crippen molar-refractivity contribution in [1.29, 1.82) is 0 Å². The maximum Gasteiger partial charge on any atom is 0.141 e. The van der Waals surface area contributed by atoms with Crippen LogP contribution in [0.25, 0.3) is 0 Å². The van der Waals surface area contributed by atoms with E-state index in [9.17, 15) is 9.50 Å². The fraction of sp³-hybridized carbons (Fsp3) is 0.625. The van der Waals surface area contributed by atoms with Crippen molar-refractivity contribution in [3.8, 4) is 0 Å². The van der Waals surface area contributed by atoms with Crippen molar-refractivity contribution in [2.75, 3.05) is 6.54 Å². The molecule has 0 aliphatic heterocycles. The average Bonchev–Trinajstić information content (AvgIpc) is 2.38. The zero-order valence-corrected chi connectivity index (χ0v) is 12.9. The average molecular weight is 300 g/mol. The summed E-state index contributed by atoms with van der Waals surface area (Å²) < 4.78 is 13.1. The Bertz CT molecular complexity index is 466. The first-order valence-corrected chi connectivity index (χ1v) is 7.55. The molecular weight excluding hydrogens is 277 g/mol. The predicted molar refractivity (Wildman–Crippen MR) is 80.3 cm³/mol. The van der Waals surface area contributed by atoms with E-state index < -0.39 is 11.4 Å².